The Kier molecular flexibility index (Phi) is 7.34. The highest BCUT2D eigenvalue weighted by Crippen LogP contribution is 2.20. The molecule has 24 heavy (non-hydrogen) atoms. The minimum atomic E-state index is -0.308. The van der Waals surface area contributed by atoms with E-state index in [0.717, 1.165) is 38.4 Å². The Morgan fingerprint density at radius 1 is 1.21 bits per heavy atom. The molecule has 1 aromatic carbocycles. The lowest BCUT2D eigenvalue weighted by atomic mass is 10.2. The molecule has 1 aromatic rings. The van der Waals surface area contributed by atoms with E-state index in [1.807, 2.05) is 26.0 Å². The predicted octanol–water partition coefficient (Wildman–Crippen LogP) is 1.55. The maximum absolute atomic E-state index is 11.9. The van der Waals surface area contributed by atoms with E-state index in [1.54, 1.807) is 0 Å². The molecule has 0 saturated carbocycles. The number of anilines is 2. The smallest absolute Gasteiger partial charge is 0.328 e. The number of esters is 1. The molecule has 0 radical (unpaired) electrons. The third kappa shape index (κ3) is 5.11. The summed E-state index contributed by atoms with van der Waals surface area (Å²) in [6.07, 6.45) is 0.688. The van der Waals surface area contributed by atoms with Crippen molar-refractivity contribution in [1.29, 1.82) is 0 Å². The van der Waals surface area contributed by atoms with Crippen LogP contribution in [0.5, 0.6) is 0 Å². The van der Waals surface area contributed by atoms with Gasteiger partial charge in [-0.25, -0.2) is 4.79 Å². The molecule has 2 rings (SSSR count). The molecule has 1 atom stereocenters. The van der Waals surface area contributed by atoms with Crippen LogP contribution in [-0.2, 0) is 9.53 Å². The van der Waals surface area contributed by atoms with Gasteiger partial charge in [-0.05, 0) is 37.6 Å². The van der Waals surface area contributed by atoms with Crippen LogP contribution in [0.15, 0.2) is 24.3 Å². The lowest BCUT2D eigenvalue weighted by molar-refractivity contribution is -0.144. The van der Waals surface area contributed by atoms with Crippen LogP contribution in [0.4, 0.5) is 11.4 Å². The predicted molar refractivity (Wildman–Crippen MR) is 96.5 cm³/mol. The Hall–Kier alpha value is -1.79. The lowest BCUT2D eigenvalue weighted by Crippen LogP contribution is -2.47. The number of carbonyl (C=O) groups is 1. The van der Waals surface area contributed by atoms with E-state index in [0.29, 0.717) is 13.0 Å². The molecule has 6 nitrogen and oxygen atoms in total. The fourth-order valence-corrected chi connectivity index (χ4v) is 2.91. The zero-order valence-electron chi connectivity index (χ0n) is 14.7. The van der Waals surface area contributed by atoms with Crippen molar-refractivity contribution >= 4 is 17.3 Å². The average molecular weight is 335 g/mol. The maximum atomic E-state index is 11.9. The fourth-order valence-electron chi connectivity index (χ4n) is 2.91. The first-order valence-corrected chi connectivity index (χ1v) is 8.79. The molecular formula is C18H29N3O3. The number of benzene rings is 1. The minimum absolute atomic E-state index is 0.205. The molecule has 0 bridgehead atoms. The van der Waals surface area contributed by atoms with Crippen LogP contribution < -0.4 is 10.2 Å². The van der Waals surface area contributed by atoms with Crippen LogP contribution in [0.2, 0.25) is 0 Å². The Bertz CT molecular complexity index is 499. The van der Waals surface area contributed by atoms with Gasteiger partial charge >= 0.3 is 5.97 Å². The van der Waals surface area contributed by atoms with Crippen molar-refractivity contribution < 1.29 is 14.6 Å². The number of nitrogens with zero attached hydrogens (tertiary/aromatic N) is 2. The summed E-state index contributed by atoms with van der Waals surface area (Å²) >= 11 is 0. The number of β-amino-alcohol motifs (C(OH)–C–C–N with tert-alkyl or cyclic N) is 1. The zero-order valence-corrected chi connectivity index (χ0v) is 14.7. The monoisotopic (exact) mass is 335 g/mol. The molecule has 0 amide bonds. The van der Waals surface area contributed by atoms with Gasteiger partial charge in [0, 0.05) is 44.1 Å². The standard InChI is InChI=1S/C18H29N3O3/c1-3-17(18(23)24-4-2)19-15-5-7-16(8-6-15)21-11-9-20(10-12-21)13-14-22/h5-8,17,19,22H,3-4,9-14H2,1-2H3. The second-order valence-corrected chi connectivity index (χ2v) is 5.96. The van der Waals surface area contributed by atoms with Crippen molar-refractivity contribution in [2.24, 2.45) is 0 Å². The van der Waals surface area contributed by atoms with Gasteiger partial charge in [-0.15, -0.1) is 0 Å². The summed E-state index contributed by atoms with van der Waals surface area (Å²) in [7, 11) is 0. The summed E-state index contributed by atoms with van der Waals surface area (Å²) < 4.78 is 5.08. The Balaban J connectivity index is 1.90. The molecule has 1 fully saturated rings. The third-order valence-corrected chi connectivity index (χ3v) is 4.34. The van der Waals surface area contributed by atoms with E-state index in [-0.39, 0.29) is 18.6 Å². The number of nitrogens with one attached hydrogen (secondary N) is 1. The first kappa shape index (κ1) is 18.5. The van der Waals surface area contributed by atoms with Gasteiger partial charge in [-0.2, -0.15) is 0 Å². The Labute approximate surface area is 144 Å². The van der Waals surface area contributed by atoms with Gasteiger partial charge in [-0.3, -0.25) is 4.90 Å². The van der Waals surface area contributed by atoms with Gasteiger partial charge < -0.3 is 20.1 Å². The van der Waals surface area contributed by atoms with Gasteiger partial charge in [0.2, 0.25) is 0 Å². The van der Waals surface area contributed by atoms with Crippen LogP contribution in [-0.4, -0.2) is 68.0 Å². The summed E-state index contributed by atoms with van der Waals surface area (Å²) in [5.41, 5.74) is 2.12. The van der Waals surface area contributed by atoms with Crippen molar-refractivity contribution in [3.05, 3.63) is 24.3 Å². The molecule has 2 N–H and O–H groups in total. The molecule has 1 unspecified atom stereocenters. The van der Waals surface area contributed by atoms with Crippen LogP contribution in [0, 0.1) is 0 Å². The van der Waals surface area contributed by atoms with E-state index < -0.39 is 0 Å². The molecule has 0 aliphatic carbocycles. The highest BCUT2D eigenvalue weighted by molar-refractivity contribution is 5.79. The SMILES string of the molecule is CCOC(=O)C(CC)Nc1ccc(N2CCN(CCO)CC2)cc1. The first-order valence-electron chi connectivity index (χ1n) is 8.79. The normalized spacial score (nSPS) is 16.7. The molecule has 0 aromatic heterocycles. The van der Waals surface area contributed by atoms with Crippen LogP contribution >= 0.6 is 0 Å². The average Bonchev–Trinajstić information content (AvgIpc) is 2.61. The molecule has 1 aliphatic rings. The molecule has 1 saturated heterocycles. The highest BCUT2D eigenvalue weighted by Gasteiger charge is 2.18. The molecule has 1 aliphatic heterocycles. The number of aliphatic hydroxyl groups excluding tert-OH is 1. The van der Waals surface area contributed by atoms with E-state index >= 15 is 0 Å². The Morgan fingerprint density at radius 3 is 2.42 bits per heavy atom. The topological polar surface area (TPSA) is 65.0 Å². The number of hydrogen-bond donors (Lipinski definition) is 2. The number of rotatable bonds is 8. The summed E-state index contributed by atoms with van der Waals surface area (Å²) in [5, 5.41) is 12.2. The maximum Gasteiger partial charge on any atom is 0.328 e. The van der Waals surface area contributed by atoms with E-state index in [9.17, 15) is 4.79 Å². The number of carbonyl (C=O) groups excluding carboxylic acids is 1. The van der Waals surface area contributed by atoms with Gasteiger partial charge in [0.1, 0.15) is 6.04 Å². The zero-order chi connectivity index (χ0) is 17.4. The quantitative estimate of drug-likeness (QED) is 0.703. The van der Waals surface area contributed by atoms with Crippen molar-refractivity contribution in [3.8, 4) is 0 Å². The lowest BCUT2D eigenvalue weighted by Gasteiger charge is -2.35. The number of piperazine rings is 1. The molecular weight excluding hydrogens is 306 g/mol. The summed E-state index contributed by atoms with van der Waals surface area (Å²) in [4.78, 5) is 16.5. The molecule has 134 valence electrons. The van der Waals surface area contributed by atoms with E-state index in [1.165, 1.54) is 5.69 Å². The second kappa shape index (κ2) is 9.49. The molecule has 1 heterocycles. The highest BCUT2D eigenvalue weighted by atomic mass is 16.5. The number of aliphatic hydroxyl groups is 1. The minimum Gasteiger partial charge on any atom is -0.464 e. The second-order valence-electron chi connectivity index (χ2n) is 5.96. The van der Waals surface area contributed by atoms with Crippen molar-refractivity contribution in [2.45, 2.75) is 26.3 Å². The van der Waals surface area contributed by atoms with Gasteiger partial charge in [0.25, 0.3) is 0 Å². The number of ether oxygens (including phenoxy) is 1. The summed E-state index contributed by atoms with van der Waals surface area (Å²) in [5.74, 6) is -0.205. The van der Waals surface area contributed by atoms with E-state index in [2.05, 4.69) is 27.2 Å². The largest absolute Gasteiger partial charge is 0.464 e. The first-order chi connectivity index (χ1) is 11.7. The van der Waals surface area contributed by atoms with Gasteiger partial charge in [-0.1, -0.05) is 6.92 Å². The van der Waals surface area contributed by atoms with Crippen molar-refractivity contribution in [2.75, 3.05) is 56.2 Å². The van der Waals surface area contributed by atoms with Gasteiger partial charge in [0.15, 0.2) is 0 Å². The molecule has 6 heteroatoms. The molecule has 0 spiro atoms. The van der Waals surface area contributed by atoms with Crippen molar-refractivity contribution in [1.82, 2.24) is 4.90 Å². The fraction of sp³-hybridized carbons (Fsp3) is 0.611. The summed E-state index contributed by atoms with van der Waals surface area (Å²) in [6.45, 7) is 9.04. The number of hydrogen-bond acceptors (Lipinski definition) is 6. The Morgan fingerprint density at radius 2 is 1.88 bits per heavy atom. The summed E-state index contributed by atoms with van der Waals surface area (Å²) in [6, 6.07) is 7.89. The van der Waals surface area contributed by atoms with E-state index in [4.69, 9.17) is 9.84 Å². The van der Waals surface area contributed by atoms with Crippen LogP contribution in [0.3, 0.4) is 0 Å². The van der Waals surface area contributed by atoms with Crippen LogP contribution in [0.25, 0.3) is 0 Å². The van der Waals surface area contributed by atoms with Crippen LogP contribution in [0.1, 0.15) is 20.3 Å². The van der Waals surface area contributed by atoms with Gasteiger partial charge in [0.05, 0.1) is 13.2 Å². The third-order valence-electron chi connectivity index (χ3n) is 4.34. The van der Waals surface area contributed by atoms with Crippen molar-refractivity contribution in [3.63, 3.8) is 0 Å².